The fourth-order valence-electron chi connectivity index (χ4n) is 2.22. The Hall–Kier alpha value is -2.08. The van der Waals surface area contributed by atoms with Crippen molar-refractivity contribution in [2.75, 3.05) is 25.1 Å². The molecule has 6 nitrogen and oxygen atoms in total. The number of esters is 1. The molecule has 140 valence electrons. The van der Waals surface area contributed by atoms with E-state index < -0.39 is 11.6 Å². The highest BCUT2D eigenvalue weighted by molar-refractivity contribution is 5.99. The van der Waals surface area contributed by atoms with Crippen LogP contribution in [-0.2, 0) is 14.3 Å². The van der Waals surface area contributed by atoms with Crippen LogP contribution in [0.15, 0.2) is 18.2 Å². The van der Waals surface area contributed by atoms with Gasteiger partial charge in [-0.1, -0.05) is 13.8 Å². The molecule has 1 aromatic carbocycles. The largest absolute Gasteiger partial charge is 0.493 e. The standard InChI is InChI=1S/C19H29NO5/c1-6-12-24-16-11-10-14(13-15(16)17(21)23-8-3)20-18(22)19(5,7-2)25-9-4/h10-11,13H,6-9,12H2,1-5H3,(H,20,22)/t19-/m0/s1. The van der Waals surface area contributed by atoms with E-state index >= 15 is 0 Å². The minimum absolute atomic E-state index is 0.256. The van der Waals surface area contributed by atoms with Crippen LogP contribution in [0.5, 0.6) is 5.75 Å². The number of hydrogen-bond acceptors (Lipinski definition) is 5. The zero-order chi connectivity index (χ0) is 18.9. The number of amides is 1. The van der Waals surface area contributed by atoms with Crippen LogP contribution in [0.3, 0.4) is 0 Å². The van der Waals surface area contributed by atoms with Gasteiger partial charge in [0.05, 0.1) is 13.2 Å². The Morgan fingerprint density at radius 3 is 2.40 bits per heavy atom. The second-order valence-electron chi connectivity index (χ2n) is 5.75. The monoisotopic (exact) mass is 351 g/mol. The molecule has 1 amide bonds. The number of nitrogens with one attached hydrogen (secondary N) is 1. The van der Waals surface area contributed by atoms with Gasteiger partial charge in [-0.25, -0.2) is 4.79 Å². The first-order valence-corrected chi connectivity index (χ1v) is 8.81. The summed E-state index contributed by atoms with van der Waals surface area (Å²) in [5.74, 6) is -0.289. The van der Waals surface area contributed by atoms with E-state index in [0.29, 0.717) is 36.6 Å². The Balaban J connectivity index is 3.06. The van der Waals surface area contributed by atoms with Crippen molar-refractivity contribution in [3.63, 3.8) is 0 Å². The molecule has 0 spiro atoms. The molecule has 0 aliphatic rings. The van der Waals surface area contributed by atoms with E-state index in [1.54, 1.807) is 32.0 Å². The fraction of sp³-hybridized carbons (Fsp3) is 0.579. The van der Waals surface area contributed by atoms with Gasteiger partial charge in [0.25, 0.3) is 5.91 Å². The van der Waals surface area contributed by atoms with Crippen LogP contribution in [0.2, 0.25) is 0 Å². The first-order valence-electron chi connectivity index (χ1n) is 8.81. The van der Waals surface area contributed by atoms with Crippen LogP contribution < -0.4 is 10.1 Å². The summed E-state index contributed by atoms with van der Waals surface area (Å²) >= 11 is 0. The van der Waals surface area contributed by atoms with Crippen molar-refractivity contribution in [1.29, 1.82) is 0 Å². The lowest BCUT2D eigenvalue weighted by Gasteiger charge is -2.27. The number of benzene rings is 1. The maximum Gasteiger partial charge on any atom is 0.341 e. The molecule has 0 unspecified atom stereocenters. The average molecular weight is 351 g/mol. The molecule has 0 aromatic heterocycles. The summed E-state index contributed by atoms with van der Waals surface area (Å²) in [5.41, 5.74) is -0.130. The first kappa shape index (κ1) is 21.0. The lowest BCUT2D eigenvalue weighted by molar-refractivity contribution is -0.139. The number of hydrogen-bond donors (Lipinski definition) is 1. The molecule has 1 N–H and O–H groups in total. The van der Waals surface area contributed by atoms with Gasteiger partial charge >= 0.3 is 5.97 Å². The Kier molecular flexibility index (Phi) is 8.41. The second-order valence-corrected chi connectivity index (χ2v) is 5.75. The molecule has 1 aromatic rings. The smallest absolute Gasteiger partial charge is 0.341 e. The van der Waals surface area contributed by atoms with Crippen LogP contribution in [0.1, 0.15) is 57.8 Å². The molecule has 0 aliphatic heterocycles. The van der Waals surface area contributed by atoms with Crippen LogP contribution in [-0.4, -0.2) is 37.3 Å². The van der Waals surface area contributed by atoms with Gasteiger partial charge in [0.15, 0.2) is 0 Å². The highest BCUT2D eigenvalue weighted by atomic mass is 16.5. The third-order valence-corrected chi connectivity index (χ3v) is 3.81. The van der Waals surface area contributed by atoms with Gasteiger partial charge in [-0.05, 0) is 51.8 Å². The number of carbonyl (C=O) groups excluding carboxylic acids is 2. The number of rotatable bonds is 10. The van der Waals surface area contributed by atoms with Gasteiger partial charge in [-0.2, -0.15) is 0 Å². The van der Waals surface area contributed by atoms with Gasteiger partial charge in [-0.3, -0.25) is 4.79 Å². The summed E-state index contributed by atoms with van der Waals surface area (Å²) in [6, 6.07) is 4.94. The summed E-state index contributed by atoms with van der Waals surface area (Å²) in [7, 11) is 0. The molecule has 0 radical (unpaired) electrons. The summed E-state index contributed by atoms with van der Waals surface area (Å²) in [5, 5.41) is 2.81. The average Bonchev–Trinajstić information content (AvgIpc) is 2.60. The molecule has 25 heavy (non-hydrogen) atoms. The molecule has 1 atom stereocenters. The summed E-state index contributed by atoms with van der Waals surface area (Å²) in [6.45, 7) is 10.4. The predicted molar refractivity (Wildman–Crippen MR) is 97.1 cm³/mol. The molecular formula is C19H29NO5. The quantitative estimate of drug-likeness (QED) is 0.649. The van der Waals surface area contributed by atoms with E-state index in [1.165, 1.54) is 0 Å². The SMILES string of the molecule is CCCOc1ccc(NC(=O)[C@](C)(CC)OCC)cc1C(=O)OCC. The summed E-state index contributed by atoms with van der Waals surface area (Å²) in [4.78, 5) is 24.7. The molecule has 0 heterocycles. The number of anilines is 1. The Morgan fingerprint density at radius 1 is 1.12 bits per heavy atom. The van der Waals surface area contributed by atoms with E-state index in [0.717, 1.165) is 6.42 Å². The molecule has 0 saturated heterocycles. The van der Waals surface area contributed by atoms with Crippen LogP contribution in [0.4, 0.5) is 5.69 Å². The van der Waals surface area contributed by atoms with Crippen molar-refractivity contribution in [2.24, 2.45) is 0 Å². The molecule has 0 aliphatic carbocycles. The zero-order valence-electron chi connectivity index (χ0n) is 15.8. The van der Waals surface area contributed by atoms with Gasteiger partial charge in [0, 0.05) is 12.3 Å². The molecule has 0 saturated carbocycles. The fourth-order valence-corrected chi connectivity index (χ4v) is 2.22. The normalized spacial score (nSPS) is 13.0. The van der Waals surface area contributed by atoms with Crippen molar-refractivity contribution in [1.82, 2.24) is 0 Å². The predicted octanol–water partition coefficient (Wildman–Crippen LogP) is 3.80. The third kappa shape index (κ3) is 5.74. The minimum atomic E-state index is -0.920. The van der Waals surface area contributed by atoms with E-state index in [2.05, 4.69) is 5.32 Å². The van der Waals surface area contributed by atoms with Crippen LogP contribution in [0, 0.1) is 0 Å². The summed E-state index contributed by atoms with van der Waals surface area (Å²) < 4.78 is 16.3. The maximum absolute atomic E-state index is 12.5. The van der Waals surface area contributed by atoms with Gasteiger partial charge in [-0.15, -0.1) is 0 Å². The van der Waals surface area contributed by atoms with E-state index in [4.69, 9.17) is 14.2 Å². The molecule has 6 heteroatoms. The zero-order valence-corrected chi connectivity index (χ0v) is 15.8. The summed E-state index contributed by atoms with van der Waals surface area (Å²) in [6.07, 6.45) is 1.36. The lowest BCUT2D eigenvalue weighted by Crippen LogP contribution is -2.42. The Morgan fingerprint density at radius 2 is 1.84 bits per heavy atom. The molecule has 1 rings (SSSR count). The number of ether oxygens (including phenoxy) is 3. The van der Waals surface area contributed by atoms with Crippen LogP contribution in [0.25, 0.3) is 0 Å². The molecule has 0 fully saturated rings. The highest BCUT2D eigenvalue weighted by Gasteiger charge is 2.32. The van der Waals surface area contributed by atoms with Crippen LogP contribution >= 0.6 is 0 Å². The minimum Gasteiger partial charge on any atom is -0.493 e. The third-order valence-electron chi connectivity index (χ3n) is 3.81. The number of carbonyl (C=O) groups is 2. The van der Waals surface area contributed by atoms with Gasteiger partial charge in [0.2, 0.25) is 0 Å². The first-order chi connectivity index (χ1) is 11.9. The van der Waals surface area contributed by atoms with E-state index in [9.17, 15) is 9.59 Å². The van der Waals surface area contributed by atoms with Gasteiger partial charge in [0.1, 0.15) is 16.9 Å². The van der Waals surface area contributed by atoms with E-state index in [-0.39, 0.29) is 12.5 Å². The maximum atomic E-state index is 12.5. The second kappa shape index (κ2) is 10.0. The van der Waals surface area contributed by atoms with Crippen molar-refractivity contribution in [2.45, 2.75) is 53.1 Å². The molecular weight excluding hydrogens is 322 g/mol. The van der Waals surface area contributed by atoms with Crippen molar-refractivity contribution in [3.05, 3.63) is 23.8 Å². The lowest BCUT2D eigenvalue weighted by atomic mass is 10.0. The molecule has 0 bridgehead atoms. The Labute approximate surface area is 149 Å². The van der Waals surface area contributed by atoms with Crippen molar-refractivity contribution < 1.29 is 23.8 Å². The topological polar surface area (TPSA) is 73.9 Å². The van der Waals surface area contributed by atoms with Crippen molar-refractivity contribution >= 4 is 17.6 Å². The van der Waals surface area contributed by atoms with E-state index in [1.807, 2.05) is 20.8 Å². The Bertz CT molecular complexity index is 587. The highest BCUT2D eigenvalue weighted by Crippen LogP contribution is 2.26. The van der Waals surface area contributed by atoms with Crippen molar-refractivity contribution in [3.8, 4) is 5.75 Å². The van der Waals surface area contributed by atoms with Gasteiger partial charge < -0.3 is 19.5 Å².